The monoisotopic (exact) mass is 568 g/mol. The van der Waals surface area contributed by atoms with Crippen molar-refractivity contribution >= 4 is 46.1 Å². The summed E-state index contributed by atoms with van der Waals surface area (Å²) in [5.74, 6) is 1.11. The van der Waals surface area contributed by atoms with E-state index in [1.165, 1.54) is 23.5 Å². The molecule has 1 aromatic carbocycles. The van der Waals surface area contributed by atoms with Crippen LogP contribution in [0.25, 0.3) is 0 Å². The van der Waals surface area contributed by atoms with Gasteiger partial charge in [0.25, 0.3) is 5.91 Å². The van der Waals surface area contributed by atoms with Crippen molar-refractivity contribution in [2.24, 2.45) is 7.05 Å². The molecule has 1 saturated heterocycles. The first kappa shape index (κ1) is 26.6. The Labute approximate surface area is 233 Å². The average Bonchev–Trinajstić information content (AvgIpc) is 3.63. The van der Waals surface area contributed by atoms with Crippen molar-refractivity contribution in [3.05, 3.63) is 54.2 Å². The molecule has 13 heteroatoms. The second-order valence-electron chi connectivity index (χ2n) is 9.11. The Balaban J connectivity index is 1.33. The highest BCUT2D eigenvalue weighted by molar-refractivity contribution is 7.99. The smallest absolute Gasteiger partial charge is 0.277 e. The van der Waals surface area contributed by atoms with Crippen LogP contribution in [0.5, 0.6) is 5.75 Å². The topological polar surface area (TPSA) is 111 Å². The van der Waals surface area contributed by atoms with Gasteiger partial charge in [0.1, 0.15) is 34.7 Å². The molecule has 4 aromatic rings. The fraction of sp³-hybridized carbons (Fsp3) is 0.360. The van der Waals surface area contributed by atoms with Crippen LogP contribution in [-0.4, -0.2) is 65.1 Å². The molecular weight excluding hydrogens is 541 g/mol. The van der Waals surface area contributed by atoms with Gasteiger partial charge >= 0.3 is 0 Å². The molecule has 10 nitrogen and oxygen atoms in total. The van der Waals surface area contributed by atoms with Gasteiger partial charge in [0.2, 0.25) is 5.13 Å². The number of hydrogen-bond acceptors (Lipinski definition) is 11. The van der Waals surface area contributed by atoms with Crippen LogP contribution in [0, 0.1) is 6.92 Å². The van der Waals surface area contributed by atoms with Gasteiger partial charge in [-0.25, -0.2) is 9.97 Å². The molecule has 1 amide bonds. The lowest BCUT2D eigenvalue weighted by Crippen LogP contribution is -2.30. The molecule has 1 aliphatic rings. The minimum atomic E-state index is -0.347. The summed E-state index contributed by atoms with van der Waals surface area (Å²) in [6.07, 6.45) is 2.86. The molecule has 38 heavy (non-hydrogen) atoms. The lowest BCUT2D eigenvalue weighted by Gasteiger charge is -2.20. The molecule has 0 spiro atoms. The Morgan fingerprint density at radius 1 is 1.16 bits per heavy atom. The third kappa shape index (κ3) is 6.52. The zero-order chi connectivity index (χ0) is 26.6. The van der Waals surface area contributed by atoms with E-state index in [9.17, 15) is 4.79 Å². The maximum Gasteiger partial charge on any atom is 0.277 e. The molecule has 1 N–H and O–H groups in total. The number of hydrogen-bond donors (Lipinski definition) is 1. The van der Waals surface area contributed by atoms with Crippen molar-refractivity contribution in [3.63, 3.8) is 0 Å². The van der Waals surface area contributed by atoms with E-state index in [-0.39, 0.29) is 12.0 Å². The molecule has 198 valence electrons. The number of aryl methyl sites for hydroxylation is 2. The van der Waals surface area contributed by atoms with E-state index in [4.69, 9.17) is 4.74 Å². The van der Waals surface area contributed by atoms with Crippen molar-refractivity contribution in [1.82, 2.24) is 34.0 Å². The third-order valence-corrected chi connectivity index (χ3v) is 8.69. The largest absolute Gasteiger partial charge is 0.489 e. The van der Waals surface area contributed by atoms with E-state index in [2.05, 4.69) is 48.6 Å². The van der Waals surface area contributed by atoms with Crippen LogP contribution >= 0.6 is 35.1 Å². The minimum absolute atomic E-state index is 0.207. The zero-order valence-corrected chi connectivity index (χ0v) is 23.9. The van der Waals surface area contributed by atoms with Crippen molar-refractivity contribution < 1.29 is 9.53 Å². The number of likely N-dealkylation sites (tertiary alicyclic amines) is 1. The Hall–Kier alpha value is -3.00. The van der Waals surface area contributed by atoms with Crippen molar-refractivity contribution in [3.8, 4) is 5.75 Å². The highest BCUT2D eigenvalue weighted by atomic mass is 32.2. The maximum atomic E-state index is 13.3. The lowest BCUT2D eigenvalue weighted by molar-refractivity contribution is 0.101. The van der Waals surface area contributed by atoms with E-state index in [0.717, 1.165) is 46.6 Å². The van der Waals surface area contributed by atoms with E-state index >= 15 is 0 Å². The van der Waals surface area contributed by atoms with E-state index in [1.54, 1.807) is 17.8 Å². The highest BCUT2D eigenvalue weighted by Crippen LogP contribution is 2.34. The highest BCUT2D eigenvalue weighted by Gasteiger charge is 2.25. The molecule has 1 aliphatic heterocycles. The normalized spacial score (nSPS) is 15.8. The number of pyridine rings is 1. The SMILES string of the molecule is Cc1nsc(NC(=O)c2nc(Sc3nncn3C)ccc2Sc2ccc(O[C@@H]3CCN(C(C)C)C3)cc2)n1. The number of ether oxygens (including phenoxy) is 1. The Morgan fingerprint density at radius 3 is 2.63 bits per heavy atom. The summed E-state index contributed by atoms with van der Waals surface area (Å²) in [5.41, 5.74) is 0.301. The Kier molecular flexibility index (Phi) is 8.27. The first-order valence-electron chi connectivity index (χ1n) is 12.2. The van der Waals surface area contributed by atoms with Crippen LogP contribution < -0.4 is 10.1 Å². The molecule has 5 rings (SSSR count). The predicted molar refractivity (Wildman–Crippen MR) is 148 cm³/mol. The molecular formula is C25H28N8O2S3. The molecule has 0 saturated carbocycles. The predicted octanol–water partition coefficient (Wildman–Crippen LogP) is 4.79. The number of rotatable bonds is 9. The van der Waals surface area contributed by atoms with Gasteiger partial charge in [-0.15, -0.1) is 10.2 Å². The molecule has 0 unspecified atom stereocenters. The van der Waals surface area contributed by atoms with Gasteiger partial charge in [-0.2, -0.15) is 4.37 Å². The summed E-state index contributed by atoms with van der Waals surface area (Å²) in [6, 6.07) is 12.3. The number of carbonyl (C=O) groups excluding carboxylic acids is 1. The Morgan fingerprint density at radius 2 is 1.97 bits per heavy atom. The lowest BCUT2D eigenvalue weighted by atomic mass is 10.3. The molecule has 3 aromatic heterocycles. The van der Waals surface area contributed by atoms with Crippen LogP contribution in [0.1, 0.15) is 36.6 Å². The van der Waals surface area contributed by atoms with Gasteiger partial charge in [-0.1, -0.05) is 11.8 Å². The summed E-state index contributed by atoms with van der Waals surface area (Å²) < 4.78 is 12.2. The van der Waals surface area contributed by atoms with E-state index in [1.807, 2.05) is 43.4 Å². The summed E-state index contributed by atoms with van der Waals surface area (Å²) in [4.78, 5) is 26.3. The number of benzene rings is 1. The summed E-state index contributed by atoms with van der Waals surface area (Å²) >= 11 is 3.95. The second kappa shape index (κ2) is 11.8. The van der Waals surface area contributed by atoms with E-state index < -0.39 is 0 Å². The number of carbonyl (C=O) groups is 1. The first-order chi connectivity index (χ1) is 18.3. The summed E-state index contributed by atoms with van der Waals surface area (Å²) in [5, 5.41) is 12.6. The summed E-state index contributed by atoms with van der Waals surface area (Å²) in [6.45, 7) is 8.23. The quantitative estimate of drug-likeness (QED) is 0.303. The molecule has 1 fully saturated rings. The third-order valence-electron chi connectivity index (χ3n) is 5.92. The standard InChI is InChI=1S/C25H28N8O2S3/c1-15(2)33-12-11-18(13-33)35-17-5-7-19(8-6-17)36-20-9-10-21(37-25-30-26-14-32(25)4)28-22(20)23(34)29-24-27-16(3)31-38-24/h5-10,14-15,18H,11-13H2,1-4H3,(H,27,29,31,34)/t18-/m1/s1. The molecule has 1 atom stereocenters. The van der Waals surface area contributed by atoms with Crippen molar-refractivity contribution in [1.29, 1.82) is 0 Å². The van der Waals surface area contributed by atoms with Gasteiger partial charge in [0.05, 0.1) is 0 Å². The first-order valence-corrected chi connectivity index (χ1v) is 14.6. The average molecular weight is 569 g/mol. The summed E-state index contributed by atoms with van der Waals surface area (Å²) in [7, 11) is 1.86. The minimum Gasteiger partial charge on any atom is -0.489 e. The number of anilines is 1. The van der Waals surface area contributed by atoms with Crippen LogP contribution in [0.3, 0.4) is 0 Å². The van der Waals surface area contributed by atoms with Gasteiger partial charge in [0.15, 0.2) is 5.16 Å². The number of nitrogens with zero attached hydrogens (tertiary/aromatic N) is 7. The van der Waals surface area contributed by atoms with Crippen LogP contribution in [-0.2, 0) is 7.05 Å². The van der Waals surface area contributed by atoms with Gasteiger partial charge in [-0.05, 0) is 75.4 Å². The van der Waals surface area contributed by atoms with Gasteiger partial charge in [0, 0.05) is 47.5 Å². The fourth-order valence-electron chi connectivity index (χ4n) is 3.92. The molecule has 0 aliphatic carbocycles. The molecule has 0 radical (unpaired) electrons. The Bertz CT molecular complexity index is 1410. The number of aromatic nitrogens is 6. The zero-order valence-electron chi connectivity index (χ0n) is 21.5. The van der Waals surface area contributed by atoms with Crippen molar-refractivity contribution in [2.45, 2.75) is 59.3 Å². The van der Waals surface area contributed by atoms with Crippen molar-refractivity contribution in [2.75, 3.05) is 18.4 Å². The molecule has 0 bridgehead atoms. The molecule has 4 heterocycles. The number of amides is 1. The van der Waals surface area contributed by atoms with Crippen LogP contribution in [0.4, 0.5) is 5.13 Å². The van der Waals surface area contributed by atoms with Gasteiger partial charge < -0.3 is 9.30 Å². The van der Waals surface area contributed by atoms with Crippen LogP contribution in [0.2, 0.25) is 0 Å². The fourth-order valence-corrected chi connectivity index (χ4v) is 6.12. The number of nitrogens with one attached hydrogen (secondary N) is 1. The van der Waals surface area contributed by atoms with E-state index in [0.29, 0.717) is 32.9 Å². The van der Waals surface area contributed by atoms with Crippen LogP contribution in [0.15, 0.2) is 62.7 Å². The van der Waals surface area contributed by atoms with Gasteiger partial charge in [-0.3, -0.25) is 15.0 Å². The second-order valence-corrected chi connectivity index (χ2v) is 12.0. The maximum absolute atomic E-state index is 13.3.